The van der Waals surface area contributed by atoms with Crippen LogP contribution < -0.4 is 5.32 Å². The molecule has 2 atom stereocenters. The summed E-state index contributed by atoms with van der Waals surface area (Å²) < 4.78 is 0. The van der Waals surface area contributed by atoms with E-state index in [2.05, 4.69) is 27.0 Å². The summed E-state index contributed by atoms with van der Waals surface area (Å²) in [5, 5.41) is 7.22. The molecule has 0 aromatic carbocycles. The van der Waals surface area contributed by atoms with Gasteiger partial charge in [-0.25, -0.2) is 0 Å². The number of hydrogen-bond acceptors (Lipinski definition) is 4. The molecule has 0 saturated carbocycles. The van der Waals surface area contributed by atoms with Crippen LogP contribution in [0.2, 0.25) is 0 Å². The monoisotopic (exact) mass is 349 g/mol. The van der Waals surface area contributed by atoms with Gasteiger partial charge < -0.3 is 10.2 Å². The second kappa shape index (κ2) is 8.12. The number of carbonyl (C=O) groups excluding carboxylic acids is 2. The number of thiophene rings is 1. The van der Waals surface area contributed by atoms with E-state index >= 15 is 0 Å². The van der Waals surface area contributed by atoms with E-state index < -0.39 is 0 Å². The van der Waals surface area contributed by atoms with Gasteiger partial charge in [0, 0.05) is 32.1 Å². The Morgan fingerprint density at radius 1 is 1.25 bits per heavy atom. The third-order valence-corrected chi connectivity index (χ3v) is 5.96. The summed E-state index contributed by atoms with van der Waals surface area (Å²) in [4.78, 5) is 28.4. The van der Waals surface area contributed by atoms with Crippen molar-refractivity contribution in [3.8, 4) is 0 Å². The van der Waals surface area contributed by atoms with Gasteiger partial charge in [-0.05, 0) is 61.0 Å². The SMILES string of the molecule is CC(=O)N1CCC[C@H]1[C@@H]1CCCN1CC(=O)NCCc1ccsc1. The lowest BCUT2D eigenvalue weighted by molar-refractivity contribution is -0.130. The first-order chi connectivity index (χ1) is 11.6. The Morgan fingerprint density at radius 2 is 2.04 bits per heavy atom. The summed E-state index contributed by atoms with van der Waals surface area (Å²) in [5.74, 6) is 0.272. The predicted octanol–water partition coefficient (Wildman–Crippen LogP) is 1.88. The van der Waals surface area contributed by atoms with Gasteiger partial charge in [-0.15, -0.1) is 0 Å². The van der Waals surface area contributed by atoms with Crippen LogP contribution >= 0.6 is 11.3 Å². The van der Waals surface area contributed by atoms with Gasteiger partial charge in [-0.2, -0.15) is 11.3 Å². The molecule has 2 fully saturated rings. The molecule has 2 saturated heterocycles. The molecular formula is C18H27N3O2S. The van der Waals surface area contributed by atoms with E-state index in [1.165, 1.54) is 5.56 Å². The molecule has 2 aliphatic rings. The maximum Gasteiger partial charge on any atom is 0.234 e. The van der Waals surface area contributed by atoms with Crippen molar-refractivity contribution >= 4 is 23.2 Å². The highest BCUT2D eigenvalue weighted by Crippen LogP contribution is 2.29. The van der Waals surface area contributed by atoms with Gasteiger partial charge in [0.15, 0.2) is 0 Å². The molecule has 0 spiro atoms. The Balaban J connectivity index is 1.48. The average molecular weight is 350 g/mol. The largest absolute Gasteiger partial charge is 0.355 e. The third kappa shape index (κ3) is 4.16. The van der Waals surface area contributed by atoms with E-state index in [1.54, 1.807) is 18.3 Å². The Hall–Kier alpha value is -1.40. The quantitative estimate of drug-likeness (QED) is 0.853. The molecule has 2 aliphatic heterocycles. The van der Waals surface area contributed by atoms with E-state index in [-0.39, 0.29) is 11.8 Å². The summed E-state index contributed by atoms with van der Waals surface area (Å²) >= 11 is 1.69. The van der Waals surface area contributed by atoms with Gasteiger partial charge >= 0.3 is 0 Å². The van der Waals surface area contributed by atoms with Crippen molar-refractivity contribution in [1.29, 1.82) is 0 Å². The van der Waals surface area contributed by atoms with Crippen molar-refractivity contribution in [3.05, 3.63) is 22.4 Å². The fourth-order valence-corrected chi connectivity index (χ4v) is 4.79. The lowest BCUT2D eigenvalue weighted by atomic mass is 10.0. The Bertz CT molecular complexity index is 561. The van der Waals surface area contributed by atoms with E-state index in [1.807, 2.05) is 4.90 Å². The number of carbonyl (C=O) groups is 2. The summed E-state index contributed by atoms with van der Waals surface area (Å²) in [6.07, 6.45) is 5.26. The first-order valence-corrected chi connectivity index (χ1v) is 9.88. The smallest absolute Gasteiger partial charge is 0.234 e. The second-order valence-electron chi connectivity index (χ2n) is 6.83. The van der Waals surface area contributed by atoms with Crippen LogP contribution in [0.1, 0.15) is 38.2 Å². The van der Waals surface area contributed by atoms with Crippen LogP contribution in [-0.4, -0.2) is 59.9 Å². The molecule has 3 rings (SSSR count). The zero-order valence-corrected chi connectivity index (χ0v) is 15.2. The highest BCUT2D eigenvalue weighted by Gasteiger charge is 2.39. The molecule has 0 unspecified atom stereocenters. The Kier molecular flexibility index (Phi) is 5.89. The van der Waals surface area contributed by atoms with E-state index in [0.29, 0.717) is 25.2 Å². The number of rotatable bonds is 6. The minimum absolute atomic E-state index is 0.101. The number of likely N-dealkylation sites (tertiary alicyclic amines) is 2. The van der Waals surface area contributed by atoms with Crippen LogP contribution in [0.3, 0.4) is 0 Å². The van der Waals surface area contributed by atoms with Gasteiger partial charge in [0.05, 0.1) is 6.54 Å². The molecule has 0 aliphatic carbocycles. The number of amides is 2. The summed E-state index contributed by atoms with van der Waals surface area (Å²) in [5.41, 5.74) is 1.28. The molecule has 1 aromatic rings. The van der Waals surface area contributed by atoms with E-state index in [0.717, 1.165) is 45.2 Å². The standard InChI is InChI=1S/C18H27N3O2S/c1-14(22)21-10-3-5-17(21)16-4-2-9-20(16)12-18(23)19-8-6-15-7-11-24-13-15/h7,11,13,16-17H,2-6,8-10,12H2,1H3,(H,19,23)/t16-,17-/m0/s1. The van der Waals surface area contributed by atoms with Crippen LogP contribution in [0.25, 0.3) is 0 Å². The third-order valence-electron chi connectivity index (χ3n) is 5.22. The topological polar surface area (TPSA) is 52.7 Å². The lowest BCUT2D eigenvalue weighted by Crippen LogP contribution is -2.50. The minimum atomic E-state index is 0.101. The van der Waals surface area contributed by atoms with E-state index in [4.69, 9.17) is 0 Å². The highest BCUT2D eigenvalue weighted by atomic mass is 32.1. The number of hydrogen-bond donors (Lipinski definition) is 1. The summed E-state index contributed by atoms with van der Waals surface area (Å²) in [7, 11) is 0. The molecule has 3 heterocycles. The number of nitrogens with one attached hydrogen (secondary N) is 1. The molecule has 6 heteroatoms. The van der Waals surface area contributed by atoms with Gasteiger partial charge in [0.25, 0.3) is 0 Å². The van der Waals surface area contributed by atoms with Crippen molar-refractivity contribution in [3.63, 3.8) is 0 Å². The van der Waals surface area contributed by atoms with Crippen molar-refractivity contribution in [2.24, 2.45) is 0 Å². The predicted molar refractivity (Wildman–Crippen MR) is 96.0 cm³/mol. The number of nitrogens with zero attached hydrogens (tertiary/aromatic N) is 2. The summed E-state index contributed by atoms with van der Waals surface area (Å²) in [6, 6.07) is 2.74. The zero-order valence-electron chi connectivity index (χ0n) is 14.4. The van der Waals surface area contributed by atoms with E-state index in [9.17, 15) is 9.59 Å². The average Bonchev–Trinajstić information content (AvgIpc) is 3.28. The van der Waals surface area contributed by atoms with Crippen molar-refractivity contribution in [1.82, 2.24) is 15.1 Å². The molecule has 0 radical (unpaired) electrons. The second-order valence-corrected chi connectivity index (χ2v) is 7.61. The van der Waals surface area contributed by atoms with Crippen LogP contribution in [-0.2, 0) is 16.0 Å². The van der Waals surface area contributed by atoms with Gasteiger partial charge in [-0.3, -0.25) is 14.5 Å². The van der Waals surface area contributed by atoms with Crippen LogP contribution in [0, 0.1) is 0 Å². The lowest BCUT2D eigenvalue weighted by Gasteiger charge is -2.34. The fraction of sp³-hybridized carbons (Fsp3) is 0.667. The van der Waals surface area contributed by atoms with Crippen LogP contribution in [0.5, 0.6) is 0 Å². The maximum atomic E-state index is 12.3. The van der Waals surface area contributed by atoms with Crippen molar-refractivity contribution in [2.75, 3.05) is 26.2 Å². The Morgan fingerprint density at radius 3 is 2.79 bits per heavy atom. The van der Waals surface area contributed by atoms with Gasteiger partial charge in [-0.1, -0.05) is 0 Å². The molecule has 0 bridgehead atoms. The molecule has 5 nitrogen and oxygen atoms in total. The summed E-state index contributed by atoms with van der Waals surface area (Å²) in [6.45, 7) is 4.64. The Labute approximate surface area is 148 Å². The first kappa shape index (κ1) is 17.4. The first-order valence-electron chi connectivity index (χ1n) is 8.94. The molecular weight excluding hydrogens is 322 g/mol. The highest BCUT2D eigenvalue weighted by molar-refractivity contribution is 7.07. The maximum absolute atomic E-state index is 12.3. The zero-order chi connectivity index (χ0) is 16.9. The van der Waals surface area contributed by atoms with Gasteiger partial charge in [0.2, 0.25) is 11.8 Å². The molecule has 1 N–H and O–H groups in total. The molecule has 24 heavy (non-hydrogen) atoms. The van der Waals surface area contributed by atoms with Crippen LogP contribution in [0.4, 0.5) is 0 Å². The normalized spacial score (nSPS) is 24.5. The van der Waals surface area contributed by atoms with Crippen molar-refractivity contribution < 1.29 is 9.59 Å². The van der Waals surface area contributed by atoms with Crippen LogP contribution in [0.15, 0.2) is 16.8 Å². The molecule has 132 valence electrons. The molecule has 2 amide bonds. The molecule has 1 aromatic heterocycles. The van der Waals surface area contributed by atoms with Gasteiger partial charge in [0.1, 0.15) is 0 Å². The fourth-order valence-electron chi connectivity index (χ4n) is 4.09. The minimum Gasteiger partial charge on any atom is -0.355 e. The van der Waals surface area contributed by atoms with Crippen molar-refractivity contribution in [2.45, 2.75) is 51.1 Å².